The number of hydrogen-bond donors (Lipinski definition) is 1. The van der Waals surface area contributed by atoms with Crippen LogP contribution in [0.25, 0.3) is 0 Å². The number of benzene rings is 1. The maximum absolute atomic E-state index is 12.7. The maximum Gasteiger partial charge on any atom is 0.317 e. The lowest BCUT2D eigenvalue weighted by Crippen LogP contribution is -2.45. The minimum absolute atomic E-state index is 0.0246. The van der Waals surface area contributed by atoms with E-state index in [1.165, 1.54) is 11.1 Å². The Balaban J connectivity index is 1.87. The van der Waals surface area contributed by atoms with Gasteiger partial charge in [-0.1, -0.05) is 39.0 Å². The van der Waals surface area contributed by atoms with E-state index in [-0.39, 0.29) is 17.4 Å². The van der Waals surface area contributed by atoms with E-state index in [0.29, 0.717) is 39.1 Å². The Hall–Kier alpha value is -2.04. The number of rotatable bonds is 3. The summed E-state index contributed by atoms with van der Waals surface area (Å²) in [6, 6.07) is 6.17. The van der Waals surface area contributed by atoms with E-state index >= 15 is 0 Å². The highest BCUT2D eigenvalue weighted by molar-refractivity contribution is 5.79. The minimum Gasteiger partial charge on any atom is -0.341 e. The van der Waals surface area contributed by atoms with Gasteiger partial charge in [-0.05, 0) is 42.4 Å². The molecule has 1 fully saturated rings. The number of urea groups is 1. The normalized spacial score (nSPS) is 15.6. The monoisotopic (exact) mass is 359 g/mol. The van der Waals surface area contributed by atoms with Gasteiger partial charge in [0, 0.05) is 32.7 Å². The van der Waals surface area contributed by atoms with Gasteiger partial charge in [-0.15, -0.1) is 0 Å². The fraction of sp³-hybridized carbons (Fsp3) is 0.619. The third-order valence-electron chi connectivity index (χ3n) is 4.83. The molecule has 1 N–H and O–H groups in total. The molecule has 5 nitrogen and oxygen atoms in total. The van der Waals surface area contributed by atoms with Crippen LogP contribution >= 0.6 is 0 Å². The number of nitrogens with zero attached hydrogens (tertiary/aromatic N) is 2. The lowest BCUT2D eigenvalue weighted by atomic mass is 9.97. The number of nitrogens with one attached hydrogen (secondary N) is 1. The van der Waals surface area contributed by atoms with Crippen molar-refractivity contribution < 1.29 is 9.59 Å². The Labute approximate surface area is 157 Å². The maximum atomic E-state index is 12.7. The molecule has 0 atom stereocenters. The molecular weight excluding hydrogens is 326 g/mol. The van der Waals surface area contributed by atoms with E-state index in [4.69, 9.17) is 0 Å². The molecular formula is C21H33N3O2. The molecule has 0 radical (unpaired) electrons. The van der Waals surface area contributed by atoms with Crippen molar-refractivity contribution >= 4 is 11.9 Å². The van der Waals surface area contributed by atoms with Crippen LogP contribution in [-0.2, 0) is 11.2 Å². The van der Waals surface area contributed by atoms with Crippen LogP contribution in [-0.4, -0.2) is 54.5 Å². The molecule has 1 aromatic rings. The first-order valence-corrected chi connectivity index (χ1v) is 9.52. The number of carbonyl (C=O) groups excluding carboxylic acids is 2. The number of hydrogen-bond acceptors (Lipinski definition) is 2. The molecule has 0 saturated carbocycles. The molecule has 1 heterocycles. The van der Waals surface area contributed by atoms with Gasteiger partial charge in [0.25, 0.3) is 0 Å². The van der Waals surface area contributed by atoms with E-state index in [0.717, 1.165) is 12.0 Å². The van der Waals surface area contributed by atoms with Crippen LogP contribution < -0.4 is 5.32 Å². The van der Waals surface area contributed by atoms with Crippen LogP contribution in [0.5, 0.6) is 0 Å². The fourth-order valence-electron chi connectivity index (χ4n) is 3.02. The average molecular weight is 360 g/mol. The lowest BCUT2D eigenvalue weighted by molar-refractivity contribution is -0.130. The van der Waals surface area contributed by atoms with Crippen molar-refractivity contribution in [3.63, 3.8) is 0 Å². The third-order valence-corrected chi connectivity index (χ3v) is 4.83. The van der Waals surface area contributed by atoms with E-state index in [1.807, 2.05) is 15.9 Å². The van der Waals surface area contributed by atoms with Gasteiger partial charge < -0.3 is 15.1 Å². The zero-order chi connectivity index (χ0) is 19.3. The Morgan fingerprint density at radius 3 is 2.31 bits per heavy atom. The van der Waals surface area contributed by atoms with Crippen LogP contribution in [0.2, 0.25) is 0 Å². The van der Waals surface area contributed by atoms with Gasteiger partial charge in [0.05, 0.1) is 6.42 Å². The third kappa shape index (κ3) is 6.04. The second kappa shape index (κ2) is 8.56. The SMILES string of the molecule is Cc1ccc(CC(=O)N2CCCN(C(=O)NCC(C)(C)C)CC2)cc1C. The predicted octanol–water partition coefficient (Wildman–Crippen LogP) is 3.14. The largest absolute Gasteiger partial charge is 0.341 e. The number of amides is 3. The molecule has 0 aliphatic carbocycles. The summed E-state index contributed by atoms with van der Waals surface area (Å²) in [5.74, 6) is 0.144. The van der Waals surface area contributed by atoms with Gasteiger partial charge in [0.1, 0.15) is 0 Å². The van der Waals surface area contributed by atoms with E-state index in [2.05, 4.69) is 52.1 Å². The van der Waals surface area contributed by atoms with Crippen LogP contribution in [0.15, 0.2) is 18.2 Å². The Kier molecular flexibility index (Phi) is 6.68. The molecule has 1 aliphatic rings. The summed E-state index contributed by atoms with van der Waals surface area (Å²) in [5.41, 5.74) is 3.58. The first-order valence-electron chi connectivity index (χ1n) is 9.52. The summed E-state index contributed by atoms with van der Waals surface area (Å²) in [6.45, 7) is 13.7. The molecule has 1 aromatic carbocycles. The van der Waals surface area contributed by atoms with Gasteiger partial charge in [0.2, 0.25) is 5.91 Å². The van der Waals surface area contributed by atoms with Crippen molar-refractivity contribution in [1.82, 2.24) is 15.1 Å². The van der Waals surface area contributed by atoms with Gasteiger partial charge in [0.15, 0.2) is 0 Å². The molecule has 3 amide bonds. The lowest BCUT2D eigenvalue weighted by Gasteiger charge is -2.25. The van der Waals surface area contributed by atoms with Crippen molar-refractivity contribution in [2.75, 3.05) is 32.7 Å². The van der Waals surface area contributed by atoms with Crippen molar-refractivity contribution in [2.45, 2.75) is 47.5 Å². The van der Waals surface area contributed by atoms with Crippen LogP contribution in [0.4, 0.5) is 4.79 Å². The summed E-state index contributed by atoms with van der Waals surface area (Å²) in [7, 11) is 0. The van der Waals surface area contributed by atoms with Gasteiger partial charge >= 0.3 is 6.03 Å². The first-order chi connectivity index (χ1) is 12.2. The van der Waals surface area contributed by atoms with Crippen LogP contribution in [0, 0.1) is 19.3 Å². The van der Waals surface area contributed by atoms with Crippen LogP contribution in [0.1, 0.15) is 43.9 Å². The topological polar surface area (TPSA) is 52.7 Å². The second-order valence-corrected chi connectivity index (χ2v) is 8.54. The van der Waals surface area contributed by atoms with Crippen molar-refractivity contribution in [3.8, 4) is 0 Å². The fourth-order valence-corrected chi connectivity index (χ4v) is 3.02. The molecule has 26 heavy (non-hydrogen) atoms. The standard InChI is InChI=1S/C21H33N3O2/c1-16-7-8-18(13-17(16)2)14-19(25)23-9-6-10-24(12-11-23)20(26)22-15-21(3,4)5/h7-8,13H,6,9-12,14-15H2,1-5H3,(H,22,26). The molecule has 144 valence electrons. The van der Waals surface area contributed by atoms with E-state index in [1.54, 1.807) is 0 Å². The Morgan fingerprint density at radius 2 is 1.65 bits per heavy atom. The van der Waals surface area contributed by atoms with Crippen LogP contribution in [0.3, 0.4) is 0 Å². The smallest absolute Gasteiger partial charge is 0.317 e. The number of aryl methyl sites for hydroxylation is 2. The summed E-state index contributed by atoms with van der Waals surface area (Å²) in [4.78, 5) is 28.7. The van der Waals surface area contributed by atoms with Gasteiger partial charge in [-0.25, -0.2) is 4.79 Å². The predicted molar refractivity (Wildman–Crippen MR) is 105 cm³/mol. The van der Waals surface area contributed by atoms with Gasteiger partial charge in [-0.3, -0.25) is 4.79 Å². The van der Waals surface area contributed by atoms with Gasteiger partial charge in [-0.2, -0.15) is 0 Å². The molecule has 0 unspecified atom stereocenters. The molecule has 0 spiro atoms. The quantitative estimate of drug-likeness (QED) is 0.901. The molecule has 5 heteroatoms. The number of carbonyl (C=O) groups is 2. The molecule has 1 aliphatic heterocycles. The highest BCUT2D eigenvalue weighted by Gasteiger charge is 2.23. The summed E-state index contributed by atoms with van der Waals surface area (Å²) in [5, 5.41) is 3.00. The van der Waals surface area contributed by atoms with Crippen molar-refractivity contribution in [2.24, 2.45) is 5.41 Å². The molecule has 2 rings (SSSR count). The minimum atomic E-state index is -0.0246. The Morgan fingerprint density at radius 1 is 1.00 bits per heavy atom. The summed E-state index contributed by atoms with van der Waals surface area (Å²) in [6.07, 6.45) is 1.25. The average Bonchev–Trinajstić information content (AvgIpc) is 2.81. The van der Waals surface area contributed by atoms with E-state index < -0.39 is 0 Å². The second-order valence-electron chi connectivity index (χ2n) is 8.54. The highest BCUT2D eigenvalue weighted by atomic mass is 16.2. The summed E-state index contributed by atoms with van der Waals surface area (Å²) >= 11 is 0. The van der Waals surface area contributed by atoms with E-state index in [9.17, 15) is 9.59 Å². The van der Waals surface area contributed by atoms with Crippen molar-refractivity contribution in [1.29, 1.82) is 0 Å². The molecule has 0 bridgehead atoms. The summed E-state index contributed by atoms with van der Waals surface area (Å²) < 4.78 is 0. The first kappa shape index (κ1) is 20.3. The Bertz CT molecular complexity index is 649. The molecule has 0 aromatic heterocycles. The zero-order valence-corrected chi connectivity index (χ0v) is 16.9. The van der Waals surface area contributed by atoms with Crippen molar-refractivity contribution in [3.05, 3.63) is 34.9 Å². The highest BCUT2D eigenvalue weighted by Crippen LogP contribution is 2.13. The zero-order valence-electron chi connectivity index (χ0n) is 16.9. The molecule has 1 saturated heterocycles.